The van der Waals surface area contributed by atoms with E-state index < -0.39 is 17.1 Å². The van der Waals surface area contributed by atoms with Crippen LogP contribution >= 0.6 is 23.4 Å². The van der Waals surface area contributed by atoms with E-state index in [-0.39, 0.29) is 11.6 Å². The van der Waals surface area contributed by atoms with Gasteiger partial charge in [-0.1, -0.05) is 29.8 Å². The molecule has 0 saturated carbocycles. The van der Waals surface area contributed by atoms with Gasteiger partial charge in [-0.3, -0.25) is 14.4 Å². The summed E-state index contributed by atoms with van der Waals surface area (Å²) in [5.41, 5.74) is 1.80. The van der Waals surface area contributed by atoms with E-state index in [0.29, 0.717) is 50.5 Å². The van der Waals surface area contributed by atoms with Gasteiger partial charge in [-0.2, -0.15) is 0 Å². The molecule has 244 valence electrons. The number of nitrogens with one attached hydrogen (secondary N) is 3. The summed E-state index contributed by atoms with van der Waals surface area (Å²) in [6, 6.07) is 23.9. The standard InChI is InChI=1S/C35H34ClN3O7S/c1-21(33(40)38-28-19-27(36)31(45-4)20-32(28)46-5)47-26-14-11-24(12-15-26)37-35(42)29(39-34(41)22-9-7-6-8-10-22)18-23-17-25(43-2)13-16-30(23)44-3/h6-21H,1-5H3,(H,37,42)(H,38,40)(H,39,41)/b29-18-. The number of rotatable bonds is 13. The lowest BCUT2D eigenvalue weighted by Gasteiger charge is -2.16. The summed E-state index contributed by atoms with van der Waals surface area (Å²) in [7, 11) is 6.02. The number of hydrogen-bond acceptors (Lipinski definition) is 8. The van der Waals surface area contributed by atoms with Crippen molar-refractivity contribution in [3.63, 3.8) is 0 Å². The zero-order valence-electron chi connectivity index (χ0n) is 26.4. The van der Waals surface area contributed by atoms with Crippen molar-refractivity contribution < 1.29 is 33.3 Å². The van der Waals surface area contributed by atoms with Crippen molar-refractivity contribution in [2.24, 2.45) is 0 Å². The SMILES string of the molecule is COc1ccc(OC)c(/C=C(\NC(=O)c2ccccc2)C(=O)Nc2ccc(SC(C)C(=O)Nc3cc(Cl)c(OC)cc3OC)cc2)c1. The van der Waals surface area contributed by atoms with E-state index in [1.54, 1.807) is 91.9 Å². The van der Waals surface area contributed by atoms with Crippen LogP contribution in [0.2, 0.25) is 5.02 Å². The molecular formula is C35H34ClN3O7S. The van der Waals surface area contributed by atoms with Crippen LogP contribution in [0, 0.1) is 0 Å². The van der Waals surface area contributed by atoms with Crippen LogP contribution in [0.3, 0.4) is 0 Å². The van der Waals surface area contributed by atoms with Crippen LogP contribution in [0.5, 0.6) is 23.0 Å². The second kappa shape index (κ2) is 16.4. The van der Waals surface area contributed by atoms with Crippen molar-refractivity contribution in [2.75, 3.05) is 39.1 Å². The molecule has 0 heterocycles. The molecule has 10 nitrogen and oxygen atoms in total. The number of ether oxygens (including phenoxy) is 4. The fraction of sp³-hybridized carbons (Fsp3) is 0.171. The fourth-order valence-corrected chi connectivity index (χ4v) is 5.42. The highest BCUT2D eigenvalue weighted by Gasteiger charge is 2.20. The summed E-state index contributed by atoms with van der Waals surface area (Å²) in [6.45, 7) is 1.77. The predicted octanol–water partition coefficient (Wildman–Crippen LogP) is 6.90. The number of halogens is 1. The van der Waals surface area contributed by atoms with E-state index in [9.17, 15) is 14.4 Å². The first-order valence-corrected chi connectivity index (χ1v) is 15.5. The van der Waals surface area contributed by atoms with Gasteiger partial charge in [0.15, 0.2) is 0 Å². The smallest absolute Gasteiger partial charge is 0.272 e. The molecule has 12 heteroatoms. The van der Waals surface area contributed by atoms with Crippen molar-refractivity contribution in [1.29, 1.82) is 0 Å². The molecule has 0 radical (unpaired) electrons. The van der Waals surface area contributed by atoms with Gasteiger partial charge in [-0.15, -0.1) is 11.8 Å². The average molecular weight is 676 g/mol. The Bertz CT molecular complexity index is 1770. The number of benzene rings is 4. The molecule has 0 fully saturated rings. The molecule has 4 aromatic rings. The van der Waals surface area contributed by atoms with Gasteiger partial charge in [-0.25, -0.2) is 0 Å². The van der Waals surface area contributed by atoms with Crippen LogP contribution in [0.25, 0.3) is 6.08 Å². The molecule has 0 saturated heterocycles. The lowest BCUT2D eigenvalue weighted by atomic mass is 10.1. The normalized spacial score (nSPS) is 11.6. The van der Waals surface area contributed by atoms with Gasteiger partial charge in [0.1, 0.15) is 28.7 Å². The maximum Gasteiger partial charge on any atom is 0.272 e. The third kappa shape index (κ3) is 9.21. The van der Waals surface area contributed by atoms with Gasteiger partial charge >= 0.3 is 0 Å². The number of hydrogen-bond donors (Lipinski definition) is 3. The van der Waals surface area contributed by atoms with E-state index in [1.165, 1.54) is 46.3 Å². The molecule has 47 heavy (non-hydrogen) atoms. The minimum atomic E-state index is -0.556. The number of amides is 3. The second-order valence-corrected chi connectivity index (χ2v) is 11.7. The fourth-order valence-electron chi connectivity index (χ4n) is 4.32. The lowest BCUT2D eigenvalue weighted by Crippen LogP contribution is -2.30. The van der Waals surface area contributed by atoms with Crippen molar-refractivity contribution in [2.45, 2.75) is 17.1 Å². The largest absolute Gasteiger partial charge is 0.497 e. The van der Waals surface area contributed by atoms with Crippen LogP contribution in [0.4, 0.5) is 11.4 Å². The molecule has 3 N–H and O–H groups in total. The van der Waals surface area contributed by atoms with E-state index in [2.05, 4.69) is 16.0 Å². The Morgan fingerprint density at radius 2 is 1.45 bits per heavy atom. The zero-order valence-corrected chi connectivity index (χ0v) is 28.0. The zero-order chi connectivity index (χ0) is 33.9. The number of carbonyl (C=O) groups excluding carboxylic acids is 3. The van der Waals surface area contributed by atoms with Crippen LogP contribution < -0.4 is 34.9 Å². The highest BCUT2D eigenvalue weighted by atomic mass is 35.5. The molecule has 0 aliphatic rings. The van der Waals surface area contributed by atoms with Crippen LogP contribution in [-0.4, -0.2) is 51.4 Å². The van der Waals surface area contributed by atoms with Gasteiger partial charge in [0, 0.05) is 27.8 Å². The summed E-state index contributed by atoms with van der Waals surface area (Å²) < 4.78 is 21.4. The Morgan fingerprint density at radius 1 is 0.766 bits per heavy atom. The maximum atomic E-state index is 13.5. The molecular weight excluding hydrogens is 642 g/mol. The van der Waals surface area contributed by atoms with E-state index in [0.717, 1.165) is 4.90 Å². The minimum absolute atomic E-state index is 0.0109. The maximum absolute atomic E-state index is 13.5. The number of thioether (sulfide) groups is 1. The Balaban J connectivity index is 1.48. The number of methoxy groups -OCH3 is 4. The number of anilines is 2. The molecule has 4 aromatic carbocycles. The monoisotopic (exact) mass is 675 g/mol. The molecule has 0 spiro atoms. The Kier molecular flexibility index (Phi) is 12.1. The molecule has 0 bridgehead atoms. The minimum Gasteiger partial charge on any atom is -0.497 e. The first-order chi connectivity index (χ1) is 22.6. The first-order valence-electron chi connectivity index (χ1n) is 14.3. The molecule has 0 aliphatic carbocycles. The Labute approximate surface area is 282 Å². The molecule has 1 atom stereocenters. The van der Waals surface area contributed by atoms with E-state index in [4.69, 9.17) is 30.5 Å². The molecule has 0 aliphatic heterocycles. The first kappa shape index (κ1) is 34.7. The van der Waals surface area contributed by atoms with Crippen molar-refractivity contribution in [3.8, 4) is 23.0 Å². The van der Waals surface area contributed by atoms with Crippen LogP contribution in [-0.2, 0) is 9.59 Å². The van der Waals surface area contributed by atoms with Gasteiger partial charge in [-0.05, 0) is 73.7 Å². The topological polar surface area (TPSA) is 124 Å². The summed E-state index contributed by atoms with van der Waals surface area (Å²) in [5.74, 6) is 0.602. The highest BCUT2D eigenvalue weighted by molar-refractivity contribution is 8.00. The van der Waals surface area contributed by atoms with Crippen LogP contribution in [0.1, 0.15) is 22.8 Å². The van der Waals surface area contributed by atoms with Crippen LogP contribution in [0.15, 0.2) is 95.5 Å². The molecule has 4 rings (SSSR count). The summed E-state index contributed by atoms with van der Waals surface area (Å²) in [5, 5.41) is 8.25. The highest BCUT2D eigenvalue weighted by Crippen LogP contribution is 2.36. The van der Waals surface area contributed by atoms with Gasteiger partial charge in [0.25, 0.3) is 11.8 Å². The van der Waals surface area contributed by atoms with Crippen molar-refractivity contribution in [3.05, 3.63) is 107 Å². The van der Waals surface area contributed by atoms with Crippen molar-refractivity contribution in [1.82, 2.24) is 5.32 Å². The van der Waals surface area contributed by atoms with E-state index >= 15 is 0 Å². The Hall–Kier alpha value is -5.13. The third-order valence-electron chi connectivity index (χ3n) is 6.79. The Morgan fingerprint density at radius 3 is 2.09 bits per heavy atom. The summed E-state index contributed by atoms with van der Waals surface area (Å²) in [4.78, 5) is 40.3. The lowest BCUT2D eigenvalue weighted by molar-refractivity contribution is -0.115. The molecule has 0 aromatic heterocycles. The van der Waals surface area contributed by atoms with Gasteiger partial charge in [0.05, 0.1) is 44.4 Å². The predicted molar refractivity (Wildman–Crippen MR) is 185 cm³/mol. The molecule has 1 unspecified atom stereocenters. The van der Waals surface area contributed by atoms with Crippen molar-refractivity contribution >= 4 is 58.5 Å². The summed E-state index contributed by atoms with van der Waals surface area (Å²) >= 11 is 7.57. The van der Waals surface area contributed by atoms with E-state index in [1.807, 2.05) is 0 Å². The summed E-state index contributed by atoms with van der Waals surface area (Å²) in [6.07, 6.45) is 1.52. The molecule has 3 amide bonds. The quantitative estimate of drug-likeness (QED) is 0.103. The number of carbonyl (C=O) groups is 3. The van der Waals surface area contributed by atoms with Gasteiger partial charge in [0.2, 0.25) is 5.91 Å². The average Bonchev–Trinajstić information content (AvgIpc) is 3.09. The van der Waals surface area contributed by atoms with Gasteiger partial charge < -0.3 is 34.9 Å². The second-order valence-electron chi connectivity index (χ2n) is 9.90. The third-order valence-corrected chi connectivity index (χ3v) is 8.20.